The van der Waals surface area contributed by atoms with Gasteiger partial charge >= 0.3 is 0 Å². The third-order valence-corrected chi connectivity index (χ3v) is 11.1. The van der Waals surface area contributed by atoms with E-state index in [2.05, 4.69) is 94.1 Å². The van der Waals surface area contributed by atoms with Crippen LogP contribution in [-0.4, -0.2) is 14.4 Å². The van der Waals surface area contributed by atoms with Crippen LogP contribution in [0.2, 0.25) is 5.04 Å². The molecule has 0 amide bonds. The van der Waals surface area contributed by atoms with Crippen molar-refractivity contribution in [2.24, 2.45) is 5.92 Å². The quantitative estimate of drug-likeness (QED) is 0.463. The molecule has 0 unspecified atom stereocenters. The third-order valence-electron chi connectivity index (χ3n) is 6.05. The number of allylic oxidation sites excluding steroid dienone is 1. The van der Waals surface area contributed by atoms with Crippen molar-refractivity contribution >= 4 is 18.7 Å². The molecule has 0 heterocycles. The van der Waals surface area contributed by atoms with E-state index in [1.54, 1.807) is 0 Å². The highest BCUT2D eigenvalue weighted by atomic mass is 28.4. The van der Waals surface area contributed by atoms with Crippen LogP contribution in [0.25, 0.3) is 0 Å². The molecule has 0 radical (unpaired) electrons. The highest BCUT2D eigenvalue weighted by molar-refractivity contribution is 6.99. The Morgan fingerprint density at radius 2 is 1.37 bits per heavy atom. The van der Waals surface area contributed by atoms with Gasteiger partial charge in [0.05, 0.1) is 0 Å². The van der Waals surface area contributed by atoms with Crippen LogP contribution < -0.4 is 10.4 Å². The Labute approximate surface area is 166 Å². The van der Waals surface area contributed by atoms with E-state index in [-0.39, 0.29) is 5.04 Å². The Balaban J connectivity index is 1.99. The predicted octanol–water partition coefficient (Wildman–Crippen LogP) is 5.70. The standard InChI is InChI=1S/C25H34OSi/c1-5-12-21-17-19-22(20-18-21)26-27(25(2,3)4,23-13-8-6-9-14-23)24-15-10-7-11-16-24/h5-11,13-16,21-22H,1,12,17-20H2,2-4H3. The number of hydrogen-bond acceptors (Lipinski definition) is 1. The minimum Gasteiger partial charge on any atom is -0.404 e. The summed E-state index contributed by atoms with van der Waals surface area (Å²) in [7, 11) is -2.40. The molecule has 1 nitrogen and oxygen atoms in total. The monoisotopic (exact) mass is 378 g/mol. The van der Waals surface area contributed by atoms with E-state index in [9.17, 15) is 0 Å². The van der Waals surface area contributed by atoms with Crippen LogP contribution in [0.3, 0.4) is 0 Å². The molecule has 1 fully saturated rings. The summed E-state index contributed by atoms with van der Waals surface area (Å²) < 4.78 is 7.26. The molecule has 1 aliphatic carbocycles. The highest BCUT2D eigenvalue weighted by Gasteiger charge is 2.51. The van der Waals surface area contributed by atoms with Crippen molar-refractivity contribution in [3.63, 3.8) is 0 Å². The SMILES string of the molecule is C=CCC1CCC(O[Si](c2ccccc2)(c2ccccc2)C(C)(C)C)CC1. The second-order valence-electron chi connectivity index (χ2n) is 8.95. The summed E-state index contributed by atoms with van der Waals surface area (Å²) in [5.41, 5.74) is 0. The molecule has 0 saturated heterocycles. The fraction of sp³-hybridized carbons (Fsp3) is 0.440. The molecule has 0 aromatic heterocycles. The van der Waals surface area contributed by atoms with Gasteiger partial charge in [-0.1, -0.05) is 87.5 Å². The van der Waals surface area contributed by atoms with Gasteiger partial charge in [0.25, 0.3) is 8.32 Å². The van der Waals surface area contributed by atoms with Crippen LogP contribution in [0.5, 0.6) is 0 Å². The number of rotatable bonds is 6. The molecule has 0 atom stereocenters. The Morgan fingerprint density at radius 1 is 0.889 bits per heavy atom. The largest absolute Gasteiger partial charge is 0.404 e. The molecule has 2 heteroatoms. The molecular weight excluding hydrogens is 344 g/mol. The van der Waals surface area contributed by atoms with E-state index in [0.717, 1.165) is 12.3 Å². The van der Waals surface area contributed by atoms with Gasteiger partial charge in [0.1, 0.15) is 0 Å². The topological polar surface area (TPSA) is 9.23 Å². The lowest BCUT2D eigenvalue weighted by atomic mass is 9.85. The third kappa shape index (κ3) is 4.28. The lowest BCUT2D eigenvalue weighted by Crippen LogP contribution is -2.67. The van der Waals surface area contributed by atoms with Gasteiger partial charge in [-0.25, -0.2) is 0 Å². The Morgan fingerprint density at radius 3 is 1.78 bits per heavy atom. The Hall–Kier alpha value is -1.64. The minimum absolute atomic E-state index is 0.0632. The molecule has 2 aromatic carbocycles. The molecule has 2 aromatic rings. The maximum Gasteiger partial charge on any atom is 0.261 e. The second-order valence-corrected chi connectivity index (χ2v) is 13.2. The van der Waals surface area contributed by atoms with E-state index >= 15 is 0 Å². The van der Waals surface area contributed by atoms with Crippen molar-refractivity contribution in [3.05, 3.63) is 73.3 Å². The minimum atomic E-state index is -2.40. The Kier molecular flexibility index (Phi) is 6.39. The van der Waals surface area contributed by atoms with E-state index in [1.807, 2.05) is 0 Å². The zero-order valence-corrected chi connectivity index (χ0v) is 18.2. The zero-order chi connectivity index (χ0) is 19.3. The summed E-state index contributed by atoms with van der Waals surface area (Å²) in [5, 5.41) is 2.84. The van der Waals surface area contributed by atoms with Crippen LogP contribution in [0.1, 0.15) is 52.9 Å². The molecule has 0 aliphatic heterocycles. The van der Waals surface area contributed by atoms with Crippen molar-refractivity contribution in [1.82, 2.24) is 0 Å². The number of hydrogen-bond donors (Lipinski definition) is 0. The van der Waals surface area contributed by atoms with E-state index < -0.39 is 8.32 Å². The van der Waals surface area contributed by atoms with E-state index in [4.69, 9.17) is 4.43 Å². The Bertz CT molecular complexity index is 669. The van der Waals surface area contributed by atoms with Crippen LogP contribution >= 0.6 is 0 Å². The van der Waals surface area contributed by atoms with E-state index in [0.29, 0.717) is 6.10 Å². The van der Waals surface area contributed by atoms with Crippen molar-refractivity contribution in [3.8, 4) is 0 Å². The summed E-state index contributed by atoms with van der Waals surface area (Å²) in [4.78, 5) is 0. The van der Waals surface area contributed by atoms with Crippen LogP contribution in [0.15, 0.2) is 73.3 Å². The molecule has 0 spiro atoms. The first-order chi connectivity index (χ1) is 13.0. The second kappa shape index (κ2) is 8.58. The average molecular weight is 379 g/mol. The van der Waals surface area contributed by atoms with Gasteiger partial charge in [-0.2, -0.15) is 0 Å². The van der Waals surface area contributed by atoms with Crippen LogP contribution in [-0.2, 0) is 4.43 Å². The number of benzene rings is 2. The molecule has 144 valence electrons. The molecule has 27 heavy (non-hydrogen) atoms. The first-order valence-corrected chi connectivity index (χ1v) is 12.3. The van der Waals surface area contributed by atoms with Gasteiger partial charge in [0.2, 0.25) is 0 Å². The van der Waals surface area contributed by atoms with Gasteiger partial charge < -0.3 is 4.43 Å². The van der Waals surface area contributed by atoms with Crippen LogP contribution in [0, 0.1) is 5.92 Å². The molecule has 1 saturated carbocycles. The summed E-state index contributed by atoms with van der Waals surface area (Å²) >= 11 is 0. The van der Waals surface area contributed by atoms with E-state index in [1.165, 1.54) is 36.1 Å². The molecule has 1 aliphatic rings. The fourth-order valence-electron chi connectivity index (χ4n) is 4.66. The van der Waals surface area contributed by atoms with Gasteiger partial charge in [0.15, 0.2) is 0 Å². The first kappa shape index (κ1) is 20.1. The maximum atomic E-state index is 7.26. The van der Waals surface area contributed by atoms with Crippen molar-refractivity contribution < 1.29 is 4.43 Å². The zero-order valence-electron chi connectivity index (χ0n) is 17.2. The van der Waals surface area contributed by atoms with Crippen molar-refractivity contribution in [2.75, 3.05) is 0 Å². The fourth-order valence-corrected chi connectivity index (χ4v) is 9.41. The van der Waals surface area contributed by atoms with Gasteiger partial charge in [-0.15, -0.1) is 6.58 Å². The lowest BCUT2D eigenvalue weighted by Gasteiger charge is -2.46. The summed E-state index contributed by atoms with van der Waals surface area (Å²) in [6.07, 6.45) is 8.44. The van der Waals surface area contributed by atoms with Gasteiger partial charge in [0, 0.05) is 6.10 Å². The summed E-state index contributed by atoms with van der Waals surface area (Å²) in [6.45, 7) is 11.0. The summed E-state index contributed by atoms with van der Waals surface area (Å²) in [6, 6.07) is 22.0. The van der Waals surface area contributed by atoms with Crippen molar-refractivity contribution in [1.29, 1.82) is 0 Å². The van der Waals surface area contributed by atoms with Gasteiger partial charge in [-0.3, -0.25) is 0 Å². The smallest absolute Gasteiger partial charge is 0.261 e. The molecule has 3 rings (SSSR count). The maximum absolute atomic E-state index is 7.26. The summed E-state index contributed by atoms with van der Waals surface area (Å²) in [5.74, 6) is 0.793. The van der Waals surface area contributed by atoms with Crippen molar-refractivity contribution in [2.45, 2.75) is 64.0 Å². The lowest BCUT2D eigenvalue weighted by molar-refractivity contribution is 0.121. The van der Waals surface area contributed by atoms with Gasteiger partial charge in [-0.05, 0) is 53.4 Å². The molecule has 0 N–H and O–H groups in total. The highest BCUT2D eigenvalue weighted by Crippen LogP contribution is 2.40. The normalized spacial score (nSPS) is 21.0. The predicted molar refractivity (Wildman–Crippen MR) is 119 cm³/mol. The molecular formula is C25H34OSi. The average Bonchev–Trinajstić information content (AvgIpc) is 2.68. The molecule has 0 bridgehead atoms. The first-order valence-electron chi connectivity index (χ1n) is 10.4. The van der Waals surface area contributed by atoms with Crippen LogP contribution in [0.4, 0.5) is 0 Å².